The summed E-state index contributed by atoms with van der Waals surface area (Å²) in [5.74, 6) is 0.779. The van der Waals surface area contributed by atoms with Crippen molar-refractivity contribution in [1.82, 2.24) is 4.90 Å². The van der Waals surface area contributed by atoms with Crippen molar-refractivity contribution in [2.24, 2.45) is 0 Å². The molecule has 114 valence electrons. The Morgan fingerprint density at radius 3 is 2.86 bits per heavy atom. The van der Waals surface area contributed by atoms with E-state index >= 15 is 0 Å². The van der Waals surface area contributed by atoms with Crippen molar-refractivity contribution in [1.29, 1.82) is 5.26 Å². The molecular formula is C17H24N2O2. The molecule has 0 heterocycles. The Bertz CT molecular complexity index is 478. The van der Waals surface area contributed by atoms with Crippen LogP contribution in [0.3, 0.4) is 0 Å². The molecule has 0 spiro atoms. The summed E-state index contributed by atoms with van der Waals surface area (Å²) in [7, 11) is 0. The van der Waals surface area contributed by atoms with Crippen LogP contribution in [0.25, 0.3) is 0 Å². The van der Waals surface area contributed by atoms with Gasteiger partial charge >= 0.3 is 0 Å². The molecule has 0 bridgehead atoms. The fourth-order valence-electron chi connectivity index (χ4n) is 2.92. The first-order chi connectivity index (χ1) is 10.2. The zero-order valence-corrected chi connectivity index (χ0v) is 12.7. The summed E-state index contributed by atoms with van der Waals surface area (Å²) >= 11 is 0. The van der Waals surface area contributed by atoms with Crippen LogP contribution < -0.4 is 4.74 Å². The maximum atomic E-state index is 10.2. The molecule has 1 unspecified atom stereocenters. The second-order valence-electron chi connectivity index (χ2n) is 5.81. The quantitative estimate of drug-likeness (QED) is 0.783. The molecule has 1 aliphatic carbocycles. The number of benzene rings is 1. The highest BCUT2D eigenvalue weighted by molar-refractivity contribution is 5.27. The van der Waals surface area contributed by atoms with Crippen LogP contribution in [-0.4, -0.2) is 41.8 Å². The summed E-state index contributed by atoms with van der Waals surface area (Å²) in [6.07, 6.45) is 4.14. The number of nitriles is 1. The third-order valence-corrected chi connectivity index (χ3v) is 3.99. The minimum atomic E-state index is -0.570. The van der Waals surface area contributed by atoms with Crippen molar-refractivity contribution in [3.05, 3.63) is 29.8 Å². The summed E-state index contributed by atoms with van der Waals surface area (Å²) in [4.78, 5) is 2.09. The van der Waals surface area contributed by atoms with Crippen molar-refractivity contribution < 1.29 is 9.84 Å². The van der Waals surface area contributed by atoms with Crippen LogP contribution >= 0.6 is 0 Å². The first-order valence-electron chi connectivity index (χ1n) is 7.67. The predicted molar refractivity (Wildman–Crippen MR) is 82.1 cm³/mol. The molecule has 0 saturated heterocycles. The second-order valence-corrected chi connectivity index (χ2v) is 5.81. The number of aryl methyl sites for hydroxylation is 1. The molecule has 4 nitrogen and oxygen atoms in total. The molecule has 1 aromatic carbocycles. The molecule has 0 aliphatic heterocycles. The molecule has 0 aromatic heterocycles. The molecule has 1 aliphatic rings. The van der Waals surface area contributed by atoms with E-state index in [1.54, 1.807) is 0 Å². The van der Waals surface area contributed by atoms with E-state index in [-0.39, 0.29) is 6.61 Å². The van der Waals surface area contributed by atoms with Crippen LogP contribution in [0, 0.1) is 18.3 Å². The Morgan fingerprint density at radius 2 is 2.19 bits per heavy atom. The van der Waals surface area contributed by atoms with Gasteiger partial charge in [-0.2, -0.15) is 5.26 Å². The van der Waals surface area contributed by atoms with Crippen LogP contribution in [0.4, 0.5) is 0 Å². The maximum absolute atomic E-state index is 10.2. The van der Waals surface area contributed by atoms with E-state index in [0.717, 1.165) is 24.2 Å². The predicted octanol–water partition coefficient (Wildman–Crippen LogP) is 2.50. The lowest BCUT2D eigenvalue weighted by molar-refractivity contribution is 0.0584. The molecule has 1 N–H and O–H groups in total. The summed E-state index contributed by atoms with van der Waals surface area (Å²) in [5.41, 5.74) is 1.14. The maximum Gasteiger partial charge on any atom is 0.119 e. The van der Waals surface area contributed by atoms with Crippen molar-refractivity contribution in [2.75, 3.05) is 19.7 Å². The monoisotopic (exact) mass is 288 g/mol. The summed E-state index contributed by atoms with van der Waals surface area (Å²) in [6.45, 7) is 3.16. The number of nitrogens with zero attached hydrogens (tertiary/aromatic N) is 2. The Kier molecular flexibility index (Phi) is 6.04. The fraction of sp³-hybridized carbons (Fsp3) is 0.588. The van der Waals surface area contributed by atoms with Crippen LogP contribution in [0.2, 0.25) is 0 Å². The van der Waals surface area contributed by atoms with Gasteiger partial charge in [0, 0.05) is 12.6 Å². The van der Waals surface area contributed by atoms with Crippen LogP contribution in [0.5, 0.6) is 5.75 Å². The van der Waals surface area contributed by atoms with E-state index < -0.39 is 6.10 Å². The summed E-state index contributed by atoms with van der Waals surface area (Å²) in [6, 6.07) is 10.4. The Balaban J connectivity index is 1.81. The third kappa shape index (κ3) is 5.04. The van der Waals surface area contributed by atoms with Gasteiger partial charge in [-0.3, -0.25) is 4.90 Å². The molecule has 1 saturated carbocycles. The fourth-order valence-corrected chi connectivity index (χ4v) is 2.92. The highest BCUT2D eigenvalue weighted by atomic mass is 16.5. The largest absolute Gasteiger partial charge is 0.491 e. The van der Waals surface area contributed by atoms with E-state index in [9.17, 15) is 5.11 Å². The highest BCUT2D eigenvalue weighted by Crippen LogP contribution is 2.23. The zero-order chi connectivity index (χ0) is 15.1. The van der Waals surface area contributed by atoms with Crippen molar-refractivity contribution in [3.63, 3.8) is 0 Å². The highest BCUT2D eigenvalue weighted by Gasteiger charge is 2.24. The number of aliphatic hydroxyl groups is 1. The van der Waals surface area contributed by atoms with Gasteiger partial charge in [0.15, 0.2) is 0 Å². The third-order valence-electron chi connectivity index (χ3n) is 3.99. The Labute approximate surface area is 127 Å². The van der Waals surface area contributed by atoms with Gasteiger partial charge in [0.2, 0.25) is 0 Å². The van der Waals surface area contributed by atoms with Gasteiger partial charge in [-0.25, -0.2) is 0 Å². The normalized spacial score (nSPS) is 16.9. The smallest absolute Gasteiger partial charge is 0.119 e. The van der Waals surface area contributed by atoms with Crippen molar-refractivity contribution in [2.45, 2.75) is 44.8 Å². The molecule has 21 heavy (non-hydrogen) atoms. The minimum absolute atomic E-state index is 0.262. The minimum Gasteiger partial charge on any atom is -0.491 e. The number of ether oxygens (including phenoxy) is 1. The van der Waals surface area contributed by atoms with Crippen molar-refractivity contribution >= 4 is 0 Å². The van der Waals surface area contributed by atoms with Crippen LogP contribution in [0.1, 0.15) is 31.2 Å². The average Bonchev–Trinajstić information content (AvgIpc) is 2.99. The molecule has 1 atom stereocenters. The molecule has 4 heteroatoms. The van der Waals surface area contributed by atoms with Gasteiger partial charge in [-0.05, 0) is 37.5 Å². The Morgan fingerprint density at radius 1 is 1.43 bits per heavy atom. The van der Waals surface area contributed by atoms with Gasteiger partial charge in [-0.15, -0.1) is 0 Å². The van der Waals surface area contributed by atoms with Crippen LogP contribution in [0.15, 0.2) is 24.3 Å². The molecular weight excluding hydrogens is 264 g/mol. The van der Waals surface area contributed by atoms with E-state index in [4.69, 9.17) is 10.00 Å². The molecule has 0 radical (unpaired) electrons. The number of aliphatic hydroxyl groups excluding tert-OH is 1. The molecule has 2 rings (SSSR count). The zero-order valence-electron chi connectivity index (χ0n) is 12.7. The number of hydrogen-bond donors (Lipinski definition) is 1. The van der Waals surface area contributed by atoms with E-state index in [2.05, 4.69) is 11.0 Å². The topological polar surface area (TPSA) is 56.5 Å². The Hall–Kier alpha value is -1.57. The molecule has 1 fully saturated rings. The van der Waals surface area contributed by atoms with Gasteiger partial charge in [0.05, 0.1) is 12.6 Å². The first kappa shape index (κ1) is 15.8. The summed E-state index contributed by atoms with van der Waals surface area (Å²) in [5, 5.41) is 19.1. The van der Waals surface area contributed by atoms with E-state index in [0.29, 0.717) is 19.1 Å². The van der Waals surface area contributed by atoms with Crippen molar-refractivity contribution in [3.8, 4) is 11.8 Å². The number of hydrogen-bond acceptors (Lipinski definition) is 4. The standard InChI is InChI=1S/C17H24N2O2/c1-14-5-4-8-17(11-14)21-13-16(20)12-19(10-9-18)15-6-2-3-7-15/h4-5,8,11,15-16,20H,2-3,6-7,10,12-13H2,1H3. The van der Waals surface area contributed by atoms with Gasteiger partial charge in [-0.1, -0.05) is 25.0 Å². The summed E-state index contributed by atoms with van der Waals surface area (Å²) < 4.78 is 5.63. The van der Waals surface area contributed by atoms with E-state index in [1.807, 2.05) is 31.2 Å². The van der Waals surface area contributed by atoms with Gasteiger partial charge < -0.3 is 9.84 Å². The number of rotatable bonds is 7. The molecule has 1 aromatic rings. The SMILES string of the molecule is Cc1cccc(OCC(O)CN(CC#N)C2CCCC2)c1. The first-order valence-corrected chi connectivity index (χ1v) is 7.67. The molecule has 0 amide bonds. The lowest BCUT2D eigenvalue weighted by Gasteiger charge is -2.28. The lowest BCUT2D eigenvalue weighted by atomic mass is 10.2. The van der Waals surface area contributed by atoms with Gasteiger partial charge in [0.1, 0.15) is 18.5 Å². The average molecular weight is 288 g/mol. The second kappa shape index (κ2) is 8.02. The van der Waals surface area contributed by atoms with Crippen LogP contribution in [-0.2, 0) is 0 Å². The van der Waals surface area contributed by atoms with E-state index in [1.165, 1.54) is 12.8 Å². The van der Waals surface area contributed by atoms with Gasteiger partial charge in [0.25, 0.3) is 0 Å². The lowest BCUT2D eigenvalue weighted by Crippen LogP contribution is -2.41.